The summed E-state index contributed by atoms with van der Waals surface area (Å²) in [7, 11) is -3.94. The lowest BCUT2D eigenvalue weighted by Gasteiger charge is -2.49. The van der Waals surface area contributed by atoms with E-state index >= 15 is 4.39 Å². The van der Waals surface area contributed by atoms with Gasteiger partial charge in [0.15, 0.2) is 0 Å². The Morgan fingerprint density at radius 3 is 2.34 bits per heavy atom. The smallest absolute Gasteiger partial charge is 0.252 e. The van der Waals surface area contributed by atoms with Crippen LogP contribution in [0.3, 0.4) is 0 Å². The number of anilines is 1. The zero-order valence-corrected chi connectivity index (χ0v) is 26.4. The number of morpholine rings is 1. The molecule has 0 unspecified atom stereocenters. The van der Waals surface area contributed by atoms with Crippen molar-refractivity contribution in [3.8, 4) is 0 Å². The lowest BCUT2D eigenvalue weighted by atomic mass is 9.89. The van der Waals surface area contributed by atoms with Crippen LogP contribution in [0.4, 0.5) is 10.1 Å². The van der Waals surface area contributed by atoms with Crippen LogP contribution >= 0.6 is 23.2 Å². The van der Waals surface area contributed by atoms with E-state index in [1.807, 2.05) is 13.0 Å². The number of halogens is 3. The first-order chi connectivity index (χ1) is 21.0. The fourth-order valence-corrected chi connectivity index (χ4v) is 7.95. The average molecular weight is 666 g/mol. The molecule has 1 saturated heterocycles. The molecule has 1 aliphatic carbocycles. The van der Waals surface area contributed by atoms with Gasteiger partial charge in [0.05, 0.1) is 42.3 Å². The van der Waals surface area contributed by atoms with Crippen molar-refractivity contribution in [3.63, 3.8) is 0 Å². The second-order valence-corrected chi connectivity index (χ2v) is 14.2. The van der Waals surface area contributed by atoms with Crippen molar-refractivity contribution in [2.24, 2.45) is 0 Å². The molecule has 0 spiro atoms. The Kier molecular flexibility index (Phi) is 10.2. The Morgan fingerprint density at radius 1 is 1.02 bits per heavy atom. The standard InChI is InChI=1S/C32H35Cl2FN2O6S/c1-2-24(18-36(44(41,42)26-14-15-26)28-9-4-3-8-27(28)35)37-30(20-10-12-22(33)13-11-20)31(21-6-5-7-23(34)16-21)43-29(32(37)40)17-25(39)19-38/h3-13,16,24-26,29-31,38-39H,2,14-15,17-19H2,1H3/t24-,25-,29+,30+,31+/m0/s1. The van der Waals surface area contributed by atoms with Crippen LogP contribution in [0.25, 0.3) is 0 Å². The molecular formula is C32H35Cl2FN2O6S. The number of nitrogens with zero attached hydrogens (tertiary/aromatic N) is 2. The average Bonchev–Trinajstić information content (AvgIpc) is 3.86. The Bertz CT molecular complexity index is 1570. The summed E-state index contributed by atoms with van der Waals surface area (Å²) in [4.78, 5) is 16.0. The van der Waals surface area contributed by atoms with E-state index in [2.05, 4.69) is 0 Å². The van der Waals surface area contributed by atoms with Crippen LogP contribution in [-0.4, -0.2) is 66.1 Å². The van der Waals surface area contributed by atoms with Crippen molar-refractivity contribution < 1.29 is 32.6 Å². The molecule has 1 heterocycles. The van der Waals surface area contributed by atoms with Gasteiger partial charge in [-0.2, -0.15) is 0 Å². The molecule has 1 amide bonds. The van der Waals surface area contributed by atoms with E-state index in [0.717, 1.165) is 4.31 Å². The number of aliphatic hydroxyl groups is 2. The number of ether oxygens (including phenoxy) is 1. The van der Waals surface area contributed by atoms with Gasteiger partial charge in [-0.25, -0.2) is 12.8 Å². The first-order valence-electron chi connectivity index (χ1n) is 14.6. The van der Waals surface area contributed by atoms with Crippen molar-refractivity contribution in [1.82, 2.24) is 4.90 Å². The Hall–Kier alpha value is -2.73. The van der Waals surface area contributed by atoms with E-state index in [1.54, 1.807) is 53.4 Å². The van der Waals surface area contributed by atoms with Crippen LogP contribution in [0, 0.1) is 5.82 Å². The van der Waals surface area contributed by atoms with Crippen molar-refractivity contribution in [3.05, 3.63) is 99.8 Å². The molecule has 0 aromatic heterocycles. The highest BCUT2D eigenvalue weighted by Crippen LogP contribution is 2.45. The Balaban J connectivity index is 1.65. The predicted octanol–water partition coefficient (Wildman–Crippen LogP) is 5.66. The lowest BCUT2D eigenvalue weighted by molar-refractivity contribution is -0.183. The van der Waals surface area contributed by atoms with Gasteiger partial charge in [0.2, 0.25) is 10.0 Å². The fourth-order valence-electron chi connectivity index (χ4n) is 5.73. The summed E-state index contributed by atoms with van der Waals surface area (Å²) in [6.07, 6.45) is -2.11. The van der Waals surface area contributed by atoms with Crippen LogP contribution in [0.15, 0.2) is 72.8 Å². The number of benzene rings is 3. The molecule has 1 saturated carbocycles. The second kappa shape index (κ2) is 13.7. The predicted molar refractivity (Wildman–Crippen MR) is 168 cm³/mol. The molecule has 5 atom stereocenters. The molecule has 44 heavy (non-hydrogen) atoms. The number of carbonyl (C=O) groups is 1. The SMILES string of the molecule is CC[C@@H](CN(c1ccccc1F)S(=O)(=O)C1CC1)N1C(=O)[C@@H](C[C@H](O)CO)O[C@H](c2cccc(Cl)c2)[C@H]1c1ccc(Cl)cc1. The van der Waals surface area contributed by atoms with Crippen molar-refractivity contribution >= 4 is 44.8 Å². The van der Waals surface area contributed by atoms with E-state index in [9.17, 15) is 23.4 Å². The van der Waals surface area contributed by atoms with Crippen LogP contribution < -0.4 is 4.31 Å². The number of carbonyl (C=O) groups excluding carboxylic acids is 1. The quantitative estimate of drug-likeness (QED) is 0.259. The van der Waals surface area contributed by atoms with Gasteiger partial charge in [-0.05, 0) is 66.8 Å². The number of sulfonamides is 1. The van der Waals surface area contributed by atoms with Gasteiger partial charge < -0.3 is 19.8 Å². The number of aliphatic hydroxyl groups excluding tert-OH is 2. The van der Waals surface area contributed by atoms with E-state index in [-0.39, 0.29) is 18.7 Å². The first kappa shape index (κ1) is 32.7. The van der Waals surface area contributed by atoms with Crippen molar-refractivity contribution in [2.45, 2.75) is 68.3 Å². The molecule has 0 bridgehead atoms. The second-order valence-electron chi connectivity index (χ2n) is 11.2. The van der Waals surface area contributed by atoms with Gasteiger partial charge in [0.1, 0.15) is 18.0 Å². The van der Waals surface area contributed by atoms with Crippen LogP contribution in [0.5, 0.6) is 0 Å². The summed E-state index contributed by atoms with van der Waals surface area (Å²) in [5, 5.41) is 20.3. The largest absolute Gasteiger partial charge is 0.394 e. The van der Waals surface area contributed by atoms with E-state index in [0.29, 0.717) is 40.4 Å². The van der Waals surface area contributed by atoms with Gasteiger partial charge in [-0.3, -0.25) is 9.10 Å². The normalized spacial score (nSPS) is 22.1. The zero-order chi connectivity index (χ0) is 31.6. The molecule has 8 nitrogen and oxygen atoms in total. The summed E-state index contributed by atoms with van der Waals surface area (Å²) < 4.78 is 50.2. The highest BCUT2D eigenvalue weighted by Gasteiger charge is 2.49. The maximum Gasteiger partial charge on any atom is 0.252 e. The highest BCUT2D eigenvalue weighted by atomic mass is 35.5. The summed E-state index contributed by atoms with van der Waals surface area (Å²) in [5.41, 5.74) is 1.25. The number of rotatable bonds is 12. The molecule has 0 radical (unpaired) electrons. The topological polar surface area (TPSA) is 107 Å². The minimum absolute atomic E-state index is 0.0831. The molecule has 2 fully saturated rings. The minimum atomic E-state index is -3.94. The molecule has 3 aromatic rings. The molecule has 2 aliphatic rings. The number of para-hydroxylation sites is 1. The van der Waals surface area contributed by atoms with Crippen molar-refractivity contribution in [2.75, 3.05) is 17.5 Å². The van der Waals surface area contributed by atoms with E-state index in [4.69, 9.17) is 27.9 Å². The maximum absolute atomic E-state index is 15.2. The highest BCUT2D eigenvalue weighted by molar-refractivity contribution is 7.93. The fraction of sp³-hybridized carbons (Fsp3) is 0.406. The first-order valence-corrected chi connectivity index (χ1v) is 16.8. The third-order valence-corrected chi connectivity index (χ3v) is 10.9. The molecule has 1 aliphatic heterocycles. The number of hydrogen-bond donors (Lipinski definition) is 2. The maximum atomic E-state index is 15.2. The van der Waals surface area contributed by atoms with Crippen LogP contribution in [0.2, 0.25) is 10.0 Å². The minimum Gasteiger partial charge on any atom is -0.394 e. The van der Waals surface area contributed by atoms with Crippen molar-refractivity contribution in [1.29, 1.82) is 0 Å². The number of amides is 1. The van der Waals surface area contributed by atoms with Gasteiger partial charge >= 0.3 is 0 Å². The summed E-state index contributed by atoms with van der Waals surface area (Å²) in [6.45, 7) is 1.05. The summed E-state index contributed by atoms with van der Waals surface area (Å²) >= 11 is 12.6. The molecule has 3 aromatic carbocycles. The molecule has 12 heteroatoms. The Morgan fingerprint density at radius 2 is 1.73 bits per heavy atom. The van der Waals surface area contributed by atoms with Gasteiger partial charge in [0, 0.05) is 16.5 Å². The summed E-state index contributed by atoms with van der Waals surface area (Å²) in [6, 6.07) is 18.2. The van der Waals surface area contributed by atoms with E-state index < -0.39 is 64.0 Å². The van der Waals surface area contributed by atoms with Crippen LogP contribution in [0.1, 0.15) is 55.9 Å². The zero-order valence-electron chi connectivity index (χ0n) is 24.1. The third kappa shape index (κ3) is 6.90. The molecule has 5 rings (SSSR count). The molecule has 2 N–H and O–H groups in total. The van der Waals surface area contributed by atoms with Gasteiger partial charge in [-0.1, -0.05) is 66.5 Å². The number of hydrogen-bond acceptors (Lipinski definition) is 6. The third-order valence-electron chi connectivity index (χ3n) is 8.13. The monoisotopic (exact) mass is 664 g/mol. The van der Waals surface area contributed by atoms with Crippen LogP contribution in [-0.2, 0) is 19.6 Å². The Labute approximate surface area is 267 Å². The summed E-state index contributed by atoms with van der Waals surface area (Å²) in [5.74, 6) is -1.17. The van der Waals surface area contributed by atoms with Gasteiger partial charge in [0.25, 0.3) is 5.91 Å². The van der Waals surface area contributed by atoms with Gasteiger partial charge in [-0.15, -0.1) is 0 Å². The molecule has 236 valence electrons. The lowest BCUT2D eigenvalue weighted by Crippen LogP contribution is -2.58. The molecular weight excluding hydrogens is 630 g/mol. The van der Waals surface area contributed by atoms with E-state index in [1.165, 1.54) is 18.2 Å².